The van der Waals surface area contributed by atoms with Crippen molar-refractivity contribution < 1.29 is 14.7 Å². The van der Waals surface area contributed by atoms with Crippen LogP contribution in [0.5, 0.6) is 0 Å². The summed E-state index contributed by atoms with van der Waals surface area (Å²) in [5, 5.41) is 11.7. The quantitative estimate of drug-likeness (QED) is 0.867. The van der Waals surface area contributed by atoms with E-state index in [4.69, 9.17) is 5.11 Å². The van der Waals surface area contributed by atoms with E-state index in [1.54, 1.807) is 29.2 Å². The van der Waals surface area contributed by atoms with Crippen LogP contribution in [0.25, 0.3) is 0 Å². The van der Waals surface area contributed by atoms with E-state index >= 15 is 0 Å². The molecule has 0 radical (unpaired) electrons. The van der Waals surface area contributed by atoms with Crippen molar-refractivity contribution in [1.29, 1.82) is 0 Å². The van der Waals surface area contributed by atoms with Gasteiger partial charge in [-0.25, -0.2) is 9.59 Å². The summed E-state index contributed by atoms with van der Waals surface area (Å²) >= 11 is 0. The number of amides is 2. The summed E-state index contributed by atoms with van der Waals surface area (Å²) in [7, 11) is 1.81. The molecule has 108 valence electrons. The fraction of sp³-hybridized carbons (Fsp3) is 0.467. The minimum Gasteiger partial charge on any atom is -0.478 e. The number of carboxylic acids is 1. The van der Waals surface area contributed by atoms with Gasteiger partial charge in [-0.1, -0.05) is 12.1 Å². The molecule has 1 aromatic rings. The zero-order chi connectivity index (χ0) is 14.7. The zero-order valence-electron chi connectivity index (χ0n) is 11.8. The number of rotatable bonds is 5. The molecule has 5 heteroatoms. The smallest absolute Gasteiger partial charge is 0.335 e. The molecule has 1 atom stereocenters. The van der Waals surface area contributed by atoms with Gasteiger partial charge < -0.3 is 15.3 Å². The number of urea groups is 1. The Hall–Kier alpha value is -2.04. The van der Waals surface area contributed by atoms with Crippen molar-refractivity contribution in [2.24, 2.45) is 5.92 Å². The van der Waals surface area contributed by atoms with Crippen LogP contribution >= 0.6 is 0 Å². The highest BCUT2D eigenvalue weighted by Crippen LogP contribution is 2.34. The lowest BCUT2D eigenvalue weighted by molar-refractivity contribution is 0.0697. The fourth-order valence-corrected chi connectivity index (χ4v) is 2.15. The Bertz CT molecular complexity index is 494. The molecular weight excluding hydrogens is 256 g/mol. The molecule has 0 saturated heterocycles. The molecule has 0 aromatic heterocycles. The van der Waals surface area contributed by atoms with Crippen molar-refractivity contribution in [2.45, 2.75) is 32.4 Å². The van der Waals surface area contributed by atoms with Gasteiger partial charge in [0.25, 0.3) is 0 Å². The molecule has 1 aliphatic rings. The third-order valence-corrected chi connectivity index (χ3v) is 3.88. The lowest BCUT2D eigenvalue weighted by Crippen LogP contribution is -2.42. The molecular formula is C15H20N2O3. The van der Waals surface area contributed by atoms with Gasteiger partial charge in [0.05, 0.1) is 5.56 Å². The van der Waals surface area contributed by atoms with E-state index in [1.165, 1.54) is 12.8 Å². The Morgan fingerprint density at radius 2 is 1.95 bits per heavy atom. The number of nitrogens with zero attached hydrogens (tertiary/aromatic N) is 1. The molecule has 1 aliphatic carbocycles. The Kier molecular flexibility index (Phi) is 4.27. The maximum atomic E-state index is 12.0. The molecule has 1 saturated carbocycles. The number of carbonyl (C=O) groups is 2. The molecule has 1 unspecified atom stereocenters. The highest BCUT2D eigenvalue weighted by Gasteiger charge is 2.32. The monoisotopic (exact) mass is 276 g/mol. The highest BCUT2D eigenvalue weighted by molar-refractivity contribution is 5.87. The van der Waals surface area contributed by atoms with Crippen LogP contribution in [0, 0.1) is 5.92 Å². The topological polar surface area (TPSA) is 69.6 Å². The van der Waals surface area contributed by atoms with Crippen LogP contribution in [0.4, 0.5) is 4.79 Å². The van der Waals surface area contributed by atoms with Gasteiger partial charge in [-0.15, -0.1) is 0 Å². The molecule has 1 fully saturated rings. The minimum absolute atomic E-state index is 0.0910. The van der Waals surface area contributed by atoms with Crippen molar-refractivity contribution in [2.75, 3.05) is 7.05 Å². The maximum Gasteiger partial charge on any atom is 0.335 e. The van der Waals surface area contributed by atoms with Gasteiger partial charge in [0.15, 0.2) is 0 Å². The summed E-state index contributed by atoms with van der Waals surface area (Å²) in [5.74, 6) is -0.306. The fourth-order valence-electron chi connectivity index (χ4n) is 2.15. The molecule has 0 heterocycles. The van der Waals surface area contributed by atoms with Crippen LogP contribution in [-0.2, 0) is 6.54 Å². The Labute approximate surface area is 118 Å². The third kappa shape index (κ3) is 3.50. The van der Waals surface area contributed by atoms with Gasteiger partial charge >= 0.3 is 12.0 Å². The number of hydrogen-bond donors (Lipinski definition) is 2. The van der Waals surface area contributed by atoms with Crippen LogP contribution in [0.15, 0.2) is 24.3 Å². The first-order valence-corrected chi connectivity index (χ1v) is 6.82. The van der Waals surface area contributed by atoms with Gasteiger partial charge in [-0.3, -0.25) is 0 Å². The Morgan fingerprint density at radius 1 is 1.35 bits per heavy atom. The van der Waals surface area contributed by atoms with Gasteiger partial charge in [0.2, 0.25) is 0 Å². The number of nitrogens with one attached hydrogen (secondary N) is 1. The van der Waals surface area contributed by atoms with Crippen molar-refractivity contribution in [3.63, 3.8) is 0 Å². The number of hydrogen-bond acceptors (Lipinski definition) is 2. The number of benzene rings is 1. The lowest BCUT2D eigenvalue weighted by Gasteiger charge is -2.25. The summed E-state index contributed by atoms with van der Waals surface area (Å²) in [6.45, 7) is 2.47. The first-order chi connectivity index (χ1) is 9.49. The molecule has 0 bridgehead atoms. The van der Waals surface area contributed by atoms with Gasteiger partial charge in [-0.05, 0) is 43.4 Å². The Morgan fingerprint density at radius 3 is 2.45 bits per heavy atom. The molecule has 20 heavy (non-hydrogen) atoms. The minimum atomic E-state index is -0.946. The van der Waals surface area contributed by atoms with E-state index in [0.29, 0.717) is 12.5 Å². The predicted molar refractivity (Wildman–Crippen MR) is 75.6 cm³/mol. The first-order valence-electron chi connectivity index (χ1n) is 6.82. The highest BCUT2D eigenvalue weighted by atomic mass is 16.4. The normalized spacial score (nSPS) is 15.5. The van der Waals surface area contributed by atoms with Crippen molar-refractivity contribution >= 4 is 12.0 Å². The predicted octanol–water partition coefficient (Wildman–Crippen LogP) is 2.32. The van der Waals surface area contributed by atoms with E-state index < -0.39 is 5.97 Å². The summed E-state index contributed by atoms with van der Waals surface area (Å²) in [5.41, 5.74) is 1.13. The van der Waals surface area contributed by atoms with E-state index in [2.05, 4.69) is 12.2 Å². The SMILES string of the molecule is CC(C1CC1)N(C)C(=O)NCc1ccc(C(=O)O)cc1. The second kappa shape index (κ2) is 5.94. The standard InChI is InChI=1S/C15H20N2O3/c1-10(12-7-8-12)17(2)15(20)16-9-11-3-5-13(6-4-11)14(18)19/h3-6,10,12H,7-9H2,1-2H3,(H,16,20)(H,18,19). The van der Waals surface area contributed by atoms with Crippen LogP contribution in [-0.4, -0.2) is 35.1 Å². The molecule has 2 N–H and O–H groups in total. The molecule has 2 rings (SSSR count). The van der Waals surface area contributed by atoms with Crippen LogP contribution in [0.3, 0.4) is 0 Å². The van der Waals surface area contributed by atoms with E-state index in [9.17, 15) is 9.59 Å². The largest absolute Gasteiger partial charge is 0.478 e. The summed E-state index contributed by atoms with van der Waals surface area (Å²) < 4.78 is 0. The second-order valence-corrected chi connectivity index (χ2v) is 5.35. The molecule has 1 aromatic carbocycles. The lowest BCUT2D eigenvalue weighted by atomic mass is 10.1. The summed E-state index contributed by atoms with van der Waals surface area (Å²) in [6.07, 6.45) is 2.41. The van der Waals surface area contributed by atoms with Crippen LogP contribution in [0.2, 0.25) is 0 Å². The van der Waals surface area contributed by atoms with E-state index in [-0.39, 0.29) is 17.6 Å². The first kappa shape index (κ1) is 14.4. The number of aromatic carboxylic acids is 1. The molecule has 0 aliphatic heterocycles. The average Bonchev–Trinajstić information content (AvgIpc) is 3.28. The van der Waals surface area contributed by atoms with Crippen molar-refractivity contribution in [3.8, 4) is 0 Å². The summed E-state index contributed by atoms with van der Waals surface area (Å²) in [6, 6.07) is 6.69. The maximum absolute atomic E-state index is 12.0. The second-order valence-electron chi connectivity index (χ2n) is 5.35. The van der Waals surface area contributed by atoms with Gasteiger partial charge in [-0.2, -0.15) is 0 Å². The van der Waals surface area contributed by atoms with Crippen LogP contribution in [0.1, 0.15) is 35.7 Å². The van der Waals surface area contributed by atoms with E-state index in [0.717, 1.165) is 5.56 Å². The van der Waals surface area contributed by atoms with Gasteiger partial charge in [0.1, 0.15) is 0 Å². The number of carbonyl (C=O) groups excluding carboxylic acids is 1. The van der Waals surface area contributed by atoms with E-state index in [1.807, 2.05) is 7.05 Å². The van der Waals surface area contributed by atoms with Gasteiger partial charge in [0, 0.05) is 19.6 Å². The van der Waals surface area contributed by atoms with Crippen molar-refractivity contribution in [1.82, 2.24) is 10.2 Å². The molecule has 0 spiro atoms. The summed E-state index contributed by atoms with van der Waals surface area (Å²) in [4.78, 5) is 24.5. The van der Waals surface area contributed by atoms with Crippen molar-refractivity contribution in [3.05, 3.63) is 35.4 Å². The molecule has 2 amide bonds. The zero-order valence-corrected chi connectivity index (χ0v) is 11.8. The average molecular weight is 276 g/mol. The van der Waals surface area contributed by atoms with Crippen LogP contribution < -0.4 is 5.32 Å². The molecule has 5 nitrogen and oxygen atoms in total. The third-order valence-electron chi connectivity index (χ3n) is 3.88. The number of carboxylic acid groups (broad SMARTS) is 1. The Balaban J connectivity index is 1.84.